The van der Waals surface area contributed by atoms with Crippen molar-refractivity contribution in [2.24, 2.45) is 5.73 Å². The van der Waals surface area contributed by atoms with Crippen LogP contribution in [0.2, 0.25) is 0 Å². The Kier molecular flexibility index (Phi) is 9.33. The van der Waals surface area contributed by atoms with E-state index in [1.165, 1.54) is 9.80 Å². The Hall–Kier alpha value is -3.04. The summed E-state index contributed by atoms with van der Waals surface area (Å²) in [7, 11) is -3.94. The van der Waals surface area contributed by atoms with E-state index in [0.29, 0.717) is 38.8 Å². The van der Waals surface area contributed by atoms with Crippen LogP contribution >= 0.6 is 7.75 Å². The van der Waals surface area contributed by atoms with Crippen molar-refractivity contribution in [3.05, 3.63) is 71.8 Å². The van der Waals surface area contributed by atoms with Crippen LogP contribution in [0, 0.1) is 0 Å². The quantitative estimate of drug-likeness (QED) is 0.418. The number of hydrogen-bond acceptors (Lipinski definition) is 6. The predicted molar refractivity (Wildman–Crippen MR) is 141 cm³/mol. The lowest BCUT2D eigenvalue weighted by atomic mass is 10.1. The van der Waals surface area contributed by atoms with Gasteiger partial charge < -0.3 is 15.5 Å². The van der Waals surface area contributed by atoms with E-state index in [2.05, 4.69) is 5.09 Å². The highest BCUT2D eigenvalue weighted by molar-refractivity contribution is 7.51. The predicted octanol–water partition coefficient (Wildman–Crippen LogP) is 2.97. The second kappa shape index (κ2) is 12.7. The van der Waals surface area contributed by atoms with Gasteiger partial charge >= 0.3 is 7.75 Å². The fourth-order valence-corrected chi connectivity index (χ4v) is 6.37. The highest BCUT2D eigenvalue weighted by atomic mass is 31.2. The highest BCUT2D eigenvalue weighted by Gasteiger charge is 2.43. The van der Waals surface area contributed by atoms with Crippen molar-refractivity contribution in [1.82, 2.24) is 14.9 Å². The van der Waals surface area contributed by atoms with E-state index < -0.39 is 31.8 Å². The van der Waals surface area contributed by atoms with Crippen molar-refractivity contribution in [2.75, 3.05) is 13.1 Å². The van der Waals surface area contributed by atoms with E-state index in [-0.39, 0.29) is 25.0 Å². The van der Waals surface area contributed by atoms with Crippen molar-refractivity contribution in [1.29, 1.82) is 0 Å². The van der Waals surface area contributed by atoms with Gasteiger partial charge in [0.1, 0.15) is 12.1 Å². The van der Waals surface area contributed by atoms with Crippen LogP contribution < -0.4 is 10.8 Å². The lowest BCUT2D eigenvalue weighted by molar-refractivity contribution is -0.146. The molecule has 3 N–H and O–H groups in total. The first-order valence-corrected chi connectivity index (χ1v) is 14.5. The molecule has 0 aliphatic carbocycles. The molecule has 4 rings (SSSR count). The van der Waals surface area contributed by atoms with Crippen molar-refractivity contribution in [2.45, 2.75) is 63.9 Å². The molecule has 3 atom stereocenters. The van der Waals surface area contributed by atoms with Gasteiger partial charge in [-0.25, -0.2) is 9.65 Å². The lowest BCUT2D eigenvalue weighted by Crippen LogP contribution is -2.54. The Balaban J connectivity index is 1.45. The van der Waals surface area contributed by atoms with Crippen molar-refractivity contribution in [3.8, 4) is 0 Å². The third kappa shape index (κ3) is 6.88. The summed E-state index contributed by atoms with van der Waals surface area (Å²) < 4.78 is 25.3. The maximum absolute atomic E-state index is 13.8. The first-order valence-electron chi connectivity index (χ1n) is 12.9. The topological polar surface area (TPSA) is 131 Å². The van der Waals surface area contributed by atoms with E-state index in [9.17, 15) is 18.9 Å². The van der Waals surface area contributed by atoms with Crippen LogP contribution in [0.15, 0.2) is 60.7 Å². The average molecular weight is 543 g/mol. The third-order valence-corrected chi connectivity index (χ3v) is 8.54. The highest BCUT2D eigenvalue weighted by Crippen LogP contribution is 2.46. The van der Waals surface area contributed by atoms with Crippen molar-refractivity contribution >= 4 is 25.5 Å². The van der Waals surface area contributed by atoms with Crippen LogP contribution in [0.25, 0.3) is 0 Å². The minimum Gasteiger partial charge on any atom is -0.368 e. The van der Waals surface area contributed by atoms with Crippen LogP contribution in [0.1, 0.15) is 43.7 Å². The molecule has 0 saturated carbocycles. The molecule has 10 nitrogen and oxygen atoms in total. The summed E-state index contributed by atoms with van der Waals surface area (Å²) in [4.78, 5) is 41.6. The molecule has 38 heavy (non-hydrogen) atoms. The molecule has 2 heterocycles. The number of nitrogens with two attached hydrogens (primary N) is 1. The van der Waals surface area contributed by atoms with Gasteiger partial charge in [-0.2, -0.15) is 0 Å². The van der Waals surface area contributed by atoms with E-state index in [1.807, 2.05) is 60.7 Å². The molecule has 11 heteroatoms. The number of benzene rings is 2. The Morgan fingerprint density at radius 1 is 0.895 bits per heavy atom. The SMILES string of the molecule is C[C@H](NP(=O)(OCc1ccccc1)OCc1ccccc1)C(=O)N1CCC[C@H]1C(=O)N1CCC[C@H]1C(N)=O. The molecular weight excluding hydrogens is 507 g/mol. The Morgan fingerprint density at radius 2 is 1.39 bits per heavy atom. The van der Waals surface area contributed by atoms with Gasteiger partial charge in [0.25, 0.3) is 0 Å². The zero-order valence-electron chi connectivity index (χ0n) is 21.5. The number of nitrogens with zero attached hydrogens (tertiary/aromatic N) is 2. The molecule has 0 aromatic heterocycles. The van der Waals surface area contributed by atoms with E-state index in [0.717, 1.165) is 11.1 Å². The molecule has 0 radical (unpaired) electrons. The zero-order valence-corrected chi connectivity index (χ0v) is 22.4. The summed E-state index contributed by atoms with van der Waals surface area (Å²) in [5.41, 5.74) is 7.10. The minimum atomic E-state index is -3.94. The number of carbonyl (C=O) groups is 3. The van der Waals surface area contributed by atoms with Crippen LogP contribution in [0.3, 0.4) is 0 Å². The third-order valence-electron chi connectivity index (χ3n) is 6.90. The van der Waals surface area contributed by atoms with E-state index in [1.54, 1.807) is 6.92 Å². The van der Waals surface area contributed by atoms with Gasteiger partial charge in [-0.1, -0.05) is 60.7 Å². The molecule has 2 aliphatic rings. The summed E-state index contributed by atoms with van der Waals surface area (Å²) in [6.07, 6.45) is 2.36. The number of rotatable bonds is 11. The summed E-state index contributed by atoms with van der Waals surface area (Å²) >= 11 is 0. The van der Waals surface area contributed by atoms with Crippen molar-refractivity contribution in [3.63, 3.8) is 0 Å². The maximum atomic E-state index is 13.8. The smallest absolute Gasteiger partial charge is 0.368 e. The maximum Gasteiger partial charge on any atom is 0.406 e. The fourth-order valence-electron chi connectivity index (χ4n) is 4.93. The summed E-state index contributed by atoms with van der Waals surface area (Å²) in [6.45, 7) is 2.45. The molecule has 0 spiro atoms. The Morgan fingerprint density at radius 3 is 1.92 bits per heavy atom. The lowest BCUT2D eigenvalue weighted by Gasteiger charge is -2.32. The van der Waals surface area contributed by atoms with Gasteiger partial charge in [-0.15, -0.1) is 0 Å². The van der Waals surface area contributed by atoms with Crippen LogP contribution in [-0.2, 0) is 41.2 Å². The van der Waals surface area contributed by atoms with E-state index in [4.69, 9.17) is 14.8 Å². The van der Waals surface area contributed by atoms with E-state index >= 15 is 0 Å². The second-order valence-corrected chi connectivity index (χ2v) is 11.4. The fraction of sp³-hybridized carbons (Fsp3) is 0.444. The molecule has 2 aliphatic heterocycles. The zero-order chi connectivity index (χ0) is 27.1. The Bertz CT molecular complexity index is 1120. The summed E-state index contributed by atoms with van der Waals surface area (Å²) in [5.74, 6) is -1.19. The first kappa shape index (κ1) is 28.0. The van der Waals surface area contributed by atoms with Gasteiger partial charge in [0.15, 0.2) is 0 Å². The Labute approximate surface area is 223 Å². The normalized spacial score (nSPS) is 20.4. The second-order valence-electron chi connectivity index (χ2n) is 9.65. The number of nitrogens with one attached hydrogen (secondary N) is 1. The number of carbonyl (C=O) groups excluding carboxylic acids is 3. The first-order chi connectivity index (χ1) is 18.3. The standard InChI is InChI=1S/C27H35N4O6P/c1-20(26(33)31-17-9-15-24(31)27(34)30-16-8-14-23(30)25(28)32)29-38(35,36-18-21-10-4-2-5-11-21)37-19-22-12-6-3-7-13-22/h2-7,10-13,20,23-24H,8-9,14-19H2,1H3,(H2,28,32)(H,29,35)/t20-,23-,24-/m0/s1. The molecule has 2 saturated heterocycles. The largest absolute Gasteiger partial charge is 0.406 e. The van der Waals surface area contributed by atoms with Crippen LogP contribution in [-0.4, -0.2) is 58.7 Å². The number of amides is 3. The van der Waals surface area contributed by atoms with Gasteiger partial charge in [0.2, 0.25) is 17.7 Å². The van der Waals surface area contributed by atoms with Crippen molar-refractivity contribution < 1.29 is 28.0 Å². The van der Waals surface area contributed by atoms with Gasteiger partial charge in [0, 0.05) is 13.1 Å². The monoisotopic (exact) mass is 542 g/mol. The number of hydrogen-bond donors (Lipinski definition) is 2. The average Bonchev–Trinajstić information content (AvgIpc) is 3.62. The summed E-state index contributed by atoms with van der Waals surface area (Å²) in [6, 6.07) is 16.2. The molecule has 0 bridgehead atoms. The molecule has 0 unspecified atom stereocenters. The number of likely N-dealkylation sites (tertiary alicyclic amines) is 2. The summed E-state index contributed by atoms with van der Waals surface area (Å²) in [5, 5.41) is 2.79. The van der Waals surface area contributed by atoms with Crippen LogP contribution in [0.5, 0.6) is 0 Å². The molecule has 2 aromatic rings. The number of primary amides is 1. The minimum absolute atomic E-state index is 0.0229. The molecule has 3 amide bonds. The van der Waals surface area contributed by atoms with Crippen LogP contribution in [0.4, 0.5) is 0 Å². The molecule has 2 fully saturated rings. The van der Waals surface area contributed by atoms with Gasteiger partial charge in [-0.3, -0.25) is 23.4 Å². The molecule has 204 valence electrons. The molecular formula is C27H35N4O6P. The molecule has 2 aromatic carbocycles. The van der Waals surface area contributed by atoms with Gasteiger partial charge in [0.05, 0.1) is 19.3 Å². The van der Waals surface area contributed by atoms with Gasteiger partial charge in [-0.05, 0) is 43.7 Å².